The number of nitrogens with zero attached hydrogens (tertiary/aromatic N) is 2. The number of aliphatic hydroxyl groups excluding tert-OH is 1. The molecule has 0 spiro atoms. The maximum atomic E-state index is 13.1. The second-order valence-corrected chi connectivity index (χ2v) is 8.63. The predicted molar refractivity (Wildman–Crippen MR) is 126 cm³/mol. The van der Waals surface area contributed by atoms with Gasteiger partial charge in [0.2, 0.25) is 0 Å². The molecule has 0 saturated carbocycles. The Morgan fingerprint density at radius 1 is 1.09 bits per heavy atom. The average molecular weight is 503 g/mol. The summed E-state index contributed by atoms with van der Waals surface area (Å²) in [6.07, 6.45) is 0.695. The third-order valence-electron chi connectivity index (χ3n) is 5.40. The molecule has 1 N–H and O–H groups in total. The Balaban J connectivity index is 2.10. The van der Waals surface area contributed by atoms with Gasteiger partial charge < -0.3 is 24.4 Å². The van der Waals surface area contributed by atoms with Crippen LogP contribution in [0.15, 0.2) is 52.5 Å². The Labute approximate surface area is 196 Å². The molecule has 2 aromatic rings. The molecule has 0 radical (unpaired) electrons. The summed E-state index contributed by atoms with van der Waals surface area (Å²) in [4.78, 5) is 29.6. The van der Waals surface area contributed by atoms with Crippen molar-refractivity contribution in [3.8, 4) is 11.5 Å². The number of methoxy groups -OCH3 is 2. The smallest absolute Gasteiger partial charge is 0.295 e. The molecule has 32 heavy (non-hydrogen) atoms. The van der Waals surface area contributed by atoms with Gasteiger partial charge in [0.05, 0.1) is 30.3 Å². The van der Waals surface area contributed by atoms with Gasteiger partial charge in [0.1, 0.15) is 17.3 Å². The zero-order chi connectivity index (χ0) is 23.4. The first-order valence-corrected chi connectivity index (χ1v) is 11.0. The molecular weight excluding hydrogens is 476 g/mol. The van der Waals surface area contributed by atoms with E-state index >= 15 is 0 Å². The largest absolute Gasteiger partial charge is 0.507 e. The Kier molecular flexibility index (Phi) is 7.58. The molecule has 1 unspecified atom stereocenters. The van der Waals surface area contributed by atoms with Gasteiger partial charge in [0.15, 0.2) is 0 Å². The van der Waals surface area contributed by atoms with Gasteiger partial charge in [-0.1, -0.05) is 12.1 Å². The third kappa shape index (κ3) is 4.81. The van der Waals surface area contributed by atoms with Crippen molar-refractivity contribution in [2.24, 2.45) is 0 Å². The van der Waals surface area contributed by atoms with Crippen molar-refractivity contribution in [2.45, 2.75) is 12.5 Å². The molecule has 8 heteroatoms. The SMILES string of the molecule is COc1ccc(C2/C(=C(/O)c3ccc(OC)c(Br)c3)C(=O)C(=O)N2CCCN(C)C)cc1. The quantitative estimate of drug-likeness (QED) is 0.335. The predicted octanol–water partition coefficient (Wildman–Crippen LogP) is 3.84. The van der Waals surface area contributed by atoms with Crippen molar-refractivity contribution in [2.75, 3.05) is 41.4 Å². The van der Waals surface area contributed by atoms with Crippen LogP contribution < -0.4 is 9.47 Å². The molecule has 170 valence electrons. The molecule has 3 rings (SSSR count). The number of Topliss-reactive ketones (excluding diaryl/α,β-unsaturated/α-hetero) is 1. The minimum atomic E-state index is -0.694. The Hall–Kier alpha value is -2.84. The van der Waals surface area contributed by atoms with Crippen LogP contribution >= 0.6 is 15.9 Å². The highest BCUT2D eigenvalue weighted by Crippen LogP contribution is 2.40. The van der Waals surface area contributed by atoms with Gasteiger partial charge in [0, 0.05) is 12.1 Å². The van der Waals surface area contributed by atoms with Crippen LogP contribution in [0.5, 0.6) is 11.5 Å². The minimum absolute atomic E-state index is 0.0714. The number of amides is 1. The number of rotatable bonds is 8. The van der Waals surface area contributed by atoms with Gasteiger partial charge in [-0.25, -0.2) is 0 Å². The number of carbonyl (C=O) groups is 2. The summed E-state index contributed by atoms with van der Waals surface area (Å²) in [5, 5.41) is 11.1. The van der Waals surface area contributed by atoms with Crippen LogP contribution in [0.1, 0.15) is 23.6 Å². The van der Waals surface area contributed by atoms with Crippen LogP contribution in [0.25, 0.3) is 5.76 Å². The molecule has 1 atom stereocenters. The molecular formula is C24H27BrN2O5. The highest BCUT2D eigenvalue weighted by Gasteiger charge is 2.45. The number of ketones is 1. The average Bonchev–Trinajstić information content (AvgIpc) is 3.03. The summed E-state index contributed by atoms with van der Waals surface area (Å²) < 4.78 is 11.1. The molecule has 2 aromatic carbocycles. The van der Waals surface area contributed by atoms with E-state index in [4.69, 9.17) is 9.47 Å². The number of likely N-dealkylation sites (tertiary alicyclic amines) is 1. The van der Waals surface area contributed by atoms with E-state index in [1.807, 2.05) is 31.1 Å². The van der Waals surface area contributed by atoms with Crippen LogP contribution in [0, 0.1) is 0 Å². The van der Waals surface area contributed by atoms with Crippen molar-refractivity contribution in [3.05, 3.63) is 63.6 Å². The molecule has 1 fully saturated rings. The summed E-state index contributed by atoms with van der Waals surface area (Å²) in [7, 11) is 7.03. The van der Waals surface area contributed by atoms with Crippen molar-refractivity contribution >= 4 is 33.4 Å². The molecule has 0 aliphatic carbocycles. The number of benzene rings is 2. The fourth-order valence-electron chi connectivity index (χ4n) is 3.77. The first-order chi connectivity index (χ1) is 15.3. The lowest BCUT2D eigenvalue weighted by Crippen LogP contribution is -2.32. The maximum Gasteiger partial charge on any atom is 0.295 e. The lowest BCUT2D eigenvalue weighted by atomic mass is 9.95. The second kappa shape index (κ2) is 10.2. The van der Waals surface area contributed by atoms with Crippen LogP contribution in [0.3, 0.4) is 0 Å². The molecule has 0 aromatic heterocycles. The van der Waals surface area contributed by atoms with Gasteiger partial charge in [-0.3, -0.25) is 9.59 Å². The van der Waals surface area contributed by atoms with E-state index < -0.39 is 17.7 Å². The van der Waals surface area contributed by atoms with Gasteiger partial charge in [0.25, 0.3) is 11.7 Å². The van der Waals surface area contributed by atoms with Crippen LogP contribution in [-0.2, 0) is 9.59 Å². The molecule has 1 saturated heterocycles. The highest BCUT2D eigenvalue weighted by atomic mass is 79.9. The number of aliphatic hydroxyl groups is 1. The topological polar surface area (TPSA) is 79.3 Å². The summed E-state index contributed by atoms with van der Waals surface area (Å²) in [5.74, 6) is -0.267. The van der Waals surface area contributed by atoms with E-state index in [9.17, 15) is 14.7 Å². The number of hydrogen-bond donors (Lipinski definition) is 1. The van der Waals surface area contributed by atoms with Crippen molar-refractivity contribution in [1.29, 1.82) is 0 Å². The third-order valence-corrected chi connectivity index (χ3v) is 6.02. The van der Waals surface area contributed by atoms with Gasteiger partial charge >= 0.3 is 0 Å². The fourth-order valence-corrected chi connectivity index (χ4v) is 4.31. The lowest BCUT2D eigenvalue weighted by molar-refractivity contribution is -0.139. The monoisotopic (exact) mass is 502 g/mol. The van der Waals surface area contributed by atoms with Crippen LogP contribution in [-0.4, -0.2) is 68.0 Å². The normalized spacial score (nSPS) is 17.8. The van der Waals surface area contributed by atoms with E-state index in [0.29, 0.717) is 34.5 Å². The zero-order valence-electron chi connectivity index (χ0n) is 18.6. The Morgan fingerprint density at radius 2 is 1.78 bits per heavy atom. The lowest BCUT2D eigenvalue weighted by Gasteiger charge is -2.26. The van der Waals surface area contributed by atoms with Gasteiger partial charge in [-0.15, -0.1) is 0 Å². The maximum absolute atomic E-state index is 13.1. The highest BCUT2D eigenvalue weighted by molar-refractivity contribution is 9.10. The van der Waals surface area contributed by atoms with E-state index in [-0.39, 0.29) is 11.3 Å². The summed E-state index contributed by atoms with van der Waals surface area (Å²) in [6, 6.07) is 11.5. The molecule has 0 bridgehead atoms. The summed E-state index contributed by atoms with van der Waals surface area (Å²) in [5.41, 5.74) is 1.22. The van der Waals surface area contributed by atoms with Crippen LogP contribution in [0.2, 0.25) is 0 Å². The summed E-state index contributed by atoms with van der Waals surface area (Å²) >= 11 is 3.41. The number of carbonyl (C=O) groups excluding carboxylic acids is 2. The van der Waals surface area contributed by atoms with Crippen molar-refractivity contribution < 1.29 is 24.2 Å². The van der Waals surface area contributed by atoms with E-state index in [1.165, 1.54) is 4.90 Å². The van der Waals surface area contributed by atoms with Crippen LogP contribution in [0.4, 0.5) is 0 Å². The minimum Gasteiger partial charge on any atom is -0.507 e. The number of halogens is 1. The first kappa shape index (κ1) is 23.8. The summed E-state index contributed by atoms with van der Waals surface area (Å²) in [6.45, 7) is 1.16. The molecule has 1 heterocycles. The molecule has 1 aliphatic heterocycles. The van der Waals surface area contributed by atoms with Gasteiger partial charge in [-0.2, -0.15) is 0 Å². The van der Waals surface area contributed by atoms with E-state index in [0.717, 1.165) is 12.1 Å². The zero-order valence-corrected chi connectivity index (χ0v) is 20.2. The standard InChI is InChI=1S/C24H27BrN2O5/c1-26(2)12-5-13-27-21(15-6-9-17(31-3)10-7-15)20(23(29)24(27)30)22(28)16-8-11-19(32-4)18(25)14-16/h6-11,14,21,28H,5,12-13H2,1-4H3/b22-20-. The molecule has 1 aliphatic rings. The fraction of sp³-hybridized carbons (Fsp3) is 0.333. The van der Waals surface area contributed by atoms with Crippen molar-refractivity contribution in [1.82, 2.24) is 9.80 Å². The van der Waals surface area contributed by atoms with E-state index in [2.05, 4.69) is 15.9 Å². The number of hydrogen-bond acceptors (Lipinski definition) is 6. The number of ether oxygens (including phenoxy) is 2. The van der Waals surface area contributed by atoms with Gasteiger partial charge in [-0.05, 0) is 78.9 Å². The van der Waals surface area contributed by atoms with E-state index in [1.54, 1.807) is 44.6 Å². The van der Waals surface area contributed by atoms with Crippen molar-refractivity contribution in [3.63, 3.8) is 0 Å². The molecule has 7 nitrogen and oxygen atoms in total. The second-order valence-electron chi connectivity index (χ2n) is 7.77. The Bertz CT molecular complexity index is 1030. The molecule has 1 amide bonds. The first-order valence-electron chi connectivity index (χ1n) is 10.2. The Morgan fingerprint density at radius 3 is 2.34 bits per heavy atom.